The van der Waals surface area contributed by atoms with Crippen LogP contribution in [0.15, 0.2) is 0 Å². The third-order valence-corrected chi connectivity index (χ3v) is 4.95. The highest BCUT2D eigenvalue weighted by atomic mass is 16.4. The molecule has 3 atom stereocenters. The van der Waals surface area contributed by atoms with Gasteiger partial charge in [-0.3, -0.25) is 4.79 Å². The molecule has 0 bridgehead atoms. The largest absolute Gasteiger partial charge is 0.481 e. The Labute approximate surface area is 117 Å². The van der Waals surface area contributed by atoms with Crippen molar-refractivity contribution >= 4 is 5.97 Å². The van der Waals surface area contributed by atoms with Gasteiger partial charge in [-0.05, 0) is 38.5 Å². The van der Waals surface area contributed by atoms with E-state index in [4.69, 9.17) is 5.26 Å². The van der Waals surface area contributed by atoms with Crippen molar-refractivity contribution in [3.63, 3.8) is 0 Å². The molecule has 3 unspecified atom stereocenters. The molecular weight excluding hydrogens is 238 g/mol. The van der Waals surface area contributed by atoms with E-state index < -0.39 is 11.4 Å². The first-order valence-corrected chi connectivity index (χ1v) is 7.63. The second kappa shape index (κ2) is 7.53. The van der Waals surface area contributed by atoms with Gasteiger partial charge in [0.05, 0.1) is 11.5 Å². The Morgan fingerprint density at radius 3 is 2.32 bits per heavy atom. The monoisotopic (exact) mass is 265 g/mol. The van der Waals surface area contributed by atoms with Gasteiger partial charge in [-0.2, -0.15) is 5.26 Å². The third-order valence-electron chi connectivity index (χ3n) is 4.95. The molecule has 1 fully saturated rings. The Morgan fingerprint density at radius 2 is 1.74 bits per heavy atom. The molecular formula is C16H27NO2. The van der Waals surface area contributed by atoms with Gasteiger partial charge in [-0.15, -0.1) is 0 Å². The van der Waals surface area contributed by atoms with Crippen molar-refractivity contribution in [3.8, 4) is 6.07 Å². The first-order valence-electron chi connectivity index (χ1n) is 7.63. The molecule has 19 heavy (non-hydrogen) atoms. The van der Waals surface area contributed by atoms with Crippen LogP contribution in [0.3, 0.4) is 0 Å². The van der Waals surface area contributed by atoms with Gasteiger partial charge < -0.3 is 5.11 Å². The number of aliphatic carboxylic acids is 1. The summed E-state index contributed by atoms with van der Waals surface area (Å²) in [6.07, 6.45) is 8.89. The molecule has 1 rings (SSSR count). The minimum Gasteiger partial charge on any atom is -0.481 e. The normalized spacial score (nSPS) is 34.6. The molecule has 0 aromatic rings. The van der Waals surface area contributed by atoms with Gasteiger partial charge in [-0.1, -0.05) is 39.0 Å². The molecule has 3 nitrogen and oxygen atoms in total. The number of carboxylic acid groups (broad SMARTS) is 1. The summed E-state index contributed by atoms with van der Waals surface area (Å²) in [6.45, 7) is 3.98. The lowest BCUT2D eigenvalue weighted by Crippen LogP contribution is -2.34. The molecule has 1 aliphatic carbocycles. The van der Waals surface area contributed by atoms with Crippen molar-refractivity contribution in [3.05, 3.63) is 0 Å². The predicted octanol–water partition coefficient (Wildman–Crippen LogP) is 4.38. The van der Waals surface area contributed by atoms with E-state index >= 15 is 0 Å². The Hall–Kier alpha value is -1.04. The molecule has 0 aromatic heterocycles. The van der Waals surface area contributed by atoms with Crippen LogP contribution in [0.2, 0.25) is 0 Å². The Morgan fingerprint density at radius 1 is 1.16 bits per heavy atom. The number of rotatable bonds is 1. The van der Waals surface area contributed by atoms with Gasteiger partial charge in [0.15, 0.2) is 0 Å². The van der Waals surface area contributed by atoms with E-state index in [1.165, 1.54) is 0 Å². The smallest absolute Gasteiger partial charge is 0.309 e. The fraction of sp³-hybridized carbons (Fsp3) is 0.875. The predicted molar refractivity (Wildman–Crippen MR) is 75.6 cm³/mol. The van der Waals surface area contributed by atoms with E-state index in [1.807, 2.05) is 6.92 Å². The number of hydrogen-bond acceptors (Lipinski definition) is 2. The van der Waals surface area contributed by atoms with Gasteiger partial charge in [0.25, 0.3) is 0 Å². The molecule has 1 N–H and O–H groups in total. The molecule has 0 radical (unpaired) electrons. The molecule has 1 saturated carbocycles. The number of hydrogen-bond donors (Lipinski definition) is 1. The van der Waals surface area contributed by atoms with Gasteiger partial charge in [-0.25, -0.2) is 0 Å². The molecule has 1 aliphatic rings. The molecule has 0 saturated heterocycles. The van der Waals surface area contributed by atoms with E-state index in [9.17, 15) is 9.90 Å². The van der Waals surface area contributed by atoms with Crippen molar-refractivity contribution in [2.24, 2.45) is 17.3 Å². The summed E-state index contributed by atoms with van der Waals surface area (Å²) in [6, 6.07) is 2.39. The molecule has 0 aromatic carbocycles. The van der Waals surface area contributed by atoms with Crippen LogP contribution in [0.25, 0.3) is 0 Å². The van der Waals surface area contributed by atoms with Gasteiger partial charge >= 0.3 is 5.97 Å². The van der Waals surface area contributed by atoms with Gasteiger partial charge in [0.1, 0.15) is 0 Å². The van der Waals surface area contributed by atoms with E-state index in [0.29, 0.717) is 0 Å². The van der Waals surface area contributed by atoms with Crippen molar-refractivity contribution in [1.29, 1.82) is 5.26 Å². The van der Waals surface area contributed by atoms with Crippen LogP contribution >= 0.6 is 0 Å². The number of nitrogens with zero attached hydrogens (tertiary/aromatic N) is 1. The lowest BCUT2D eigenvalue weighted by Gasteiger charge is -2.32. The SMILES string of the molecule is CC1CCCCCC(C#N)CCCCC1(C)C(=O)O. The summed E-state index contributed by atoms with van der Waals surface area (Å²) in [5, 5.41) is 18.6. The van der Waals surface area contributed by atoms with Crippen molar-refractivity contribution in [2.75, 3.05) is 0 Å². The number of nitriles is 1. The lowest BCUT2D eigenvalue weighted by atomic mass is 9.71. The van der Waals surface area contributed by atoms with Crippen molar-refractivity contribution < 1.29 is 9.90 Å². The number of carbonyl (C=O) groups is 1. The quantitative estimate of drug-likeness (QED) is 0.765. The zero-order valence-corrected chi connectivity index (χ0v) is 12.3. The minimum atomic E-state index is -0.658. The summed E-state index contributed by atoms with van der Waals surface area (Å²) >= 11 is 0. The van der Waals surface area contributed by atoms with Crippen LogP contribution in [-0.4, -0.2) is 11.1 Å². The zero-order valence-electron chi connectivity index (χ0n) is 12.3. The summed E-state index contributed by atoms with van der Waals surface area (Å²) in [5.41, 5.74) is -0.596. The van der Waals surface area contributed by atoms with Crippen LogP contribution < -0.4 is 0 Å². The van der Waals surface area contributed by atoms with Gasteiger partial charge in [0.2, 0.25) is 0 Å². The van der Waals surface area contributed by atoms with Crippen LogP contribution in [-0.2, 0) is 4.79 Å². The number of carboxylic acids is 1. The van der Waals surface area contributed by atoms with E-state index in [-0.39, 0.29) is 11.8 Å². The highest BCUT2D eigenvalue weighted by Gasteiger charge is 2.37. The first-order chi connectivity index (χ1) is 9.00. The topological polar surface area (TPSA) is 61.1 Å². The summed E-state index contributed by atoms with van der Waals surface area (Å²) in [7, 11) is 0. The maximum absolute atomic E-state index is 11.6. The van der Waals surface area contributed by atoms with Crippen LogP contribution in [0.5, 0.6) is 0 Å². The molecule has 0 amide bonds. The van der Waals surface area contributed by atoms with Crippen molar-refractivity contribution in [1.82, 2.24) is 0 Å². The maximum atomic E-state index is 11.6. The molecule has 3 heteroatoms. The molecule has 0 aliphatic heterocycles. The first kappa shape index (κ1) is 16.0. The second-order valence-corrected chi connectivity index (χ2v) is 6.33. The van der Waals surface area contributed by atoms with E-state index in [2.05, 4.69) is 13.0 Å². The maximum Gasteiger partial charge on any atom is 0.309 e. The highest BCUT2D eigenvalue weighted by molar-refractivity contribution is 5.74. The van der Waals surface area contributed by atoms with Gasteiger partial charge in [0, 0.05) is 5.92 Å². The average molecular weight is 265 g/mol. The zero-order chi connectivity index (χ0) is 14.3. The van der Waals surface area contributed by atoms with Crippen LogP contribution in [0, 0.1) is 28.6 Å². The van der Waals surface area contributed by atoms with Crippen LogP contribution in [0.1, 0.15) is 71.6 Å². The minimum absolute atomic E-state index is 0.174. The molecule has 0 spiro atoms. The lowest BCUT2D eigenvalue weighted by molar-refractivity contribution is -0.151. The highest BCUT2D eigenvalue weighted by Crippen LogP contribution is 2.37. The van der Waals surface area contributed by atoms with Crippen molar-refractivity contribution in [2.45, 2.75) is 71.6 Å². The fourth-order valence-electron chi connectivity index (χ4n) is 3.06. The molecule has 0 heterocycles. The summed E-state index contributed by atoms with van der Waals surface area (Å²) < 4.78 is 0. The Bertz CT molecular complexity index is 334. The van der Waals surface area contributed by atoms with Crippen LogP contribution in [0.4, 0.5) is 0 Å². The summed E-state index contributed by atoms with van der Waals surface area (Å²) in [4.78, 5) is 11.6. The van der Waals surface area contributed by atoms with E-state index in [1.54, 1.807) is 0 Å². The second-order valence-electron chi connectivity index (χ2n) is 6.33. The average Bonchev–Trinajstić information content (AvgIpc) is 2.38. The molecule has 108 valence electrons. The van der Waals surface area contributed by atoms with E-state index in [0.717, 1.165) is 57.8 Å². The standard InChI is InChI=1S/C16H27NO2/c1-13-8-4-3-5-9-14(12-17)10-6-7-11-16(13,2)15(18)19/h13-14H,3-11H2,1-2H3,(H,18,19). The Kier molecular flexibility index (Phi) is 6.34. The summed E-state index contributed by atoms with van der Waals surface area (Å²) in [5.74, 6) is -0.252. The Balaban J connectivity index is 2.67. The third kappa shape index (κ3) is 4.53. The fourth-order valence-corrected chi connectivity index (χ4v) is 3.06.